The Labute approximate surface area is 183 Å². The topological polar surface area (TPSA) is 57.5 Å². The molecule has 6 heteroatoms. The summed E-state index contributed by atoms with van der Waals surface area (Å²) in [5.41, 5.74) is 1.92. The lowest BCUT2D eigenvalue weighted by atomic mass is 10.0. The van der Waals surface area contributed by atoms with Gasteiger partial charge in [-0.15, -0.1) is 0 Å². The lowest BCUT2D eigenvalue weighted by molar-refractivity contribution is 0.103. The van der Waals surface area contributed by atoms with Crippen molar-refractivity contribution in [1.82, 2.24) is 4.57 Å². The number of carbonyl (C=O) groups is 1. The molecule has 1 aliphatic heterocycles. The molecule has 0 unspecified atom stereocenters. The zero-order valence-corrected chi connectivity index (χ0v) is 17.3. The molecular weight excluding hydrogens is 414 g/mol. The van der Waals surface area contributed by atoms with E-state index in [0.29, 0.717) is 52.7 Å². The largest absolute Gasteiger partial charge is 0.486 e. The van der Waals surface area contributed by atoms with Gasteiger partial charge in [0.1, 0.15) is 13.2 Å². The smallest absolute Gasteiger partial charge is 0.200 e. The second-order valence-electron chi connectivity index (χ2n) is 7.33. The molecule has 1 aromatic heterocycles. The Hall–Kier alpha value is -3.57. The summed E-state index contributed by atoms with van der Waals surface area (Å²) in [6.45, 7) is 1.33. The number of fused-ring (bicyclic) bond motifs is 2. The van der Waals surface area contributed by atoms with Crippen molar-refractivity contribution < 1.29 is 14.3 Å². The number of carbonyl (C=O) groups excluding carboxylic acids is 1. The second kappa shape index (κ2) is 7.93. The van der Waals surface area contributed by atoms with Crippen molar-refractivity contribution in [1.29, 1.82) is 0 Å². The average molecular weight is 432 g/mol. The molecule has 0 aliphatic carbocycles. The van der Waals surface area contributed by atoms with Crippen molar-refractivity contribution in [2.75, 3.05) is 13.2 Å². The normalized spacial score (nSPS) is 12.7. The molecule has 0 bridgehead atoms. The first-order valence-electron chi connectivity index (χ1n) is 9.91. The number of pyridine rings is 1. The van der Waals surface area contributed by atoms with E-state index in [1.807, 2.05) is 34.9 Å². The maximum Gasteiger partial charge on any atom is 0.200 e. The molecule has 1 aliphatic rings. The Morgan fingerprint density at radius 2 is 1.61 bits per heavy atom. The lowest BCUT2D eigenvalue weighted by Gasteiger charge is -2.21. The first kappa shape index (κ1) is 19.4. The van der Waals surface area contributed by atoms with Crippen LogP contribution in [0.4, 0.5) is 0 Å². The summed E-state index contributed by atoms with van der Waals surface area (Å²) in [6, 6.07) is 19.8. The molecule has 31 heavy (non-hydrogen) atoms. The Bertz CT molecular complexity index is 1340. The van der Waals surface area contributed by atoms with Crippen LogP contribution in [0.2, 0.25) is 5.02 Å². The number of halogens is 1. The Morgan fingerprint density at radius 1 is 0.935 bits per heavy atom. The molecule has 0 fully saturated rings. The summed E-state index contributed by atoms with van der Waals surface area (Å²) in [6.07, 6.45) is 1.63. The van der Waals surface area contributed by atoms with E-state index >= 15 is 0 Å². The third-order valence-corrected chi connectivity index (χ3v) is 5.54. The van der Waals surface area contributed by atoms with Gasteiger partial charge in [-0.3, -0.25) is 9.59 Å². The SMILES string of the molecule is O=C(c1ccccc1)c1cn(Cc2ccc(Cl)cc2)c2cc3c(cc2c1=O)OCCO3. The van der Waals surface area contributed by atoms with E-state index in [2.05, 4.69) is 0 Å². The van der Waals surface area contributed by atoms with E-state index in [0.717, 1.165) is 5.56 Å². The van der Waals surface area contributed by atoms with E-state index in [1.165, 1.54) is 0 Å². The molecule has 0 N–H and O–H groups in total. The molecule has 0 radical (unpaired) electrons. The van der Waals surface area contributed by atoms with Crippen molar-refractivity contribution in [3.05, 3.63) is 105 Å². The number of hydrogen-bond acceptors (Lipinski definition) is 4. The van der Waals surface area contributed by atoms with Crippen LogP contribution < -0.4 is 14.9 Å². The maximum absolute atomic E-state index is 13.3. The predicted octanol–water partition coefficient (Wildman–Crippen LogP) is 4.71. The Balaban J connectivity index is 1.72. The summed E-state index contributed by atoms with van der Waals surface area (Å²) in [5, 5.41) is 1.06. The van der Waals surface area contributed by atoms with E-state index < -0.39 is 0 Å². The van der Waals surface area contributed by atoms with Gasteiger partial charge < -0.3 is 14.0 Å². The number of rotatable bonds is 4. The van der Waals surface area contributed by atoms with E-state index in [-0.39, 0.29) is 16.8 Å². The fourth-order valence-corrected chi connectivity index (χ4v) is 3.88. The molecule has 0 saturated heterocycles. The molecule has 5 rings (SSSR count). The number of ketones is 1. The van der Waals surface area contributed by atoms with Crippen LogP contribution in [0, 0.1) is 0 Å². The minimum absolute atomic E-state index is 0.115. The van der Waals surface area contributed by atoms with Gasteiger partial charge in [0.05, 0.1) is 16.5 Å². The van der Waals surface area contributed by atoms with Crippen molar-refractivity contribution in [3.63, 3.8) is 0 Å². The number of nitrogens with zero attached hydrogens (tertiary/aromatic N) is 1. The van der Waals surface area contributed by atoms with Gasteiger partial charge in [0, 0.05) is 29.4 Å². The summed E-state index contributed by atoms with van der Waals surface area (Å²) in [4.78, 5) is 26.5. The van der Waals surface area contributed by atoms with Gasteiger partial charge in [0.15, 0.2) is 17.3 Å². The molecule has 3 aromatic carbocycles. The standard InChI is InChI=1S/C25H18ClNO4/c26-18-8-6-16(7-9-18)14-27-15-20(24(28)17-4-2-1-3-5-17)25(29)19-12-22-23(13-21(19)27)31-11-10-30-22/h1-9,12-13,15H,10-11,14H2. The highest BCUT2D eigenvalue weighted by Gasteiger charge is 2.21. The first-order chi connectivity index (χ1) is 15.1. The summed E-state index contributed by atoms with van der Waals surface area (Å²) in [7, 11) is 0. The van der Waals surface area contributed by atoms with Crippen LogP contribution in [0.15, 0.2) is 77.7 Å². The molecule has 0 atom stereocenters. The third kappa shape index (κ3) is 3.68. The molecule has 0 amide bonds. The zero-order chi connectivity index (χ0) is 21.4. The van der Waals surface area contributed by atoms with Crippen LogP contribution in [0.1, 0.15) is 21.5 Å². The van der Waals surface area contributed by atoms with E-state index in [1.54, 1.807) is 42.6 Å². The third-order valence-electron chi connectivity index (χ3n) is 5.29. The molecule has 5 nitrogen and oxygen atoms in total. The van der Waals surface area contributed by atoms with Gasteiger partial charge >= 0.3 is 0 Å². The van der Waals surface area contributed by atoms with Crippen molar-refractivity contribution in [3.8, 4) is 11.5 Å². The highest BCUT2D eigenvalue weighted by atomic mass is 35.5. The van der Waals surface area contributed by atoms with Gasteiger partial charge in [-0.1, -0.05) is 54.1 Å². The van der Waals surface area contributed by atoms with Crippen LogP contribution in [0.5, 0.6) is 11.5 Å². The number of ether oxygens (including phenoxy) is 2. The van der Waals surface area contributed by atoms with Crippen LogP contribution >= 0.6 is 11.6 Å². The lowest BCUT2D eigenvalue weighted by Crippen LogP contribution is -2.21. The van der Waals surface area contributed by atoms with Gasteiger partial charge in [-0.25, -0.2) is 0 Å². The predicted molar refractivity (Wildman–Crippen MR) is 120 cm³/mol. The second-order valence-corrected chi connectivity index (χ2v) is 7.77. The highest BCUT2D eigenvalue weighted by molar-refractivity contribution is 6.30. The zero-order valence-electron chi connectivity index (χ0n) is 16.5. The van der Waals surface area contributed by atoms with Gasteiger partial charge in [-0.05, 0) is 23.8 Å². The maximum atomic E-state index is 13.3. The number of aromatic nitrogens is 1. The molecular formula is C25H18ClNO4. The minimum atomic E-state index is -0.326. The molecule has 4 aromatic rings. The van der Waals surface area contributed by atoms with Crippen molar-refractivity contribution in [2.45, 2.75) is 6.54 Å². The van der Waals surface area contributed by atoms with Gasteiger partial charge in [0.25, 0.3) is 0 Å². The van der Waals surface area contributed by atoms with Gasteiger partial charge in [-0.2, -0.15) is 0 Å². The first-order valence-corrected chi connectivity index (χ1v) is 10.3. The number of benzene rings is 3. The molecule has 2 heterocycles. The van der Waals surface area contributed by atoms with E-state index in [9.17, 15) is 9.59 Å². The average Bonchev–Trinajstić information content (AvgIpc) is 2.81. The van der Waals surface area contributed by atoms with Gasteiger partial charge in [0.2, 0.25) is 5.43 Å². The summed E-state index contributed by atoms with van der Waals surface area (Å²) >= 11 is 6.02. The minimum Gasteiger partial charge on any atom is -0.486 e. The van der Waals surface area contributed by atoms with E-state index in [4.69, 9.17) is 21.1 Å². The van der Waals surface area contributed by atoms with Crippen molar-refractivity contribution in [2.24, 2.45) is 0 Å². The van der Waals surface area contributed by atoms with Crippen LogP contribution in [0.25, 0.3) is 10.9 Å². The summed E-state index contributed by atoms with van der Waals surface area (Å²) in [5.74, 6) is 0.788. The Morgan fingerprint density at radius 3 is 2.32 bits per heavy atom. The molecule has 154 valence electrons. The van der Waals surface area contributed by atoms with Crippen LogP contribution in [0.3, 0.4) is 0 Å². The summed E-state index contributed by atoms with van der Waals surface area (Å²) < 4.78 is 13.3. The van der Waals surface area contributed by atoms with Crippen LogP contribution in [-0.2, 0) is 6.54 Å². The fraction of sp³-hybridized carbons (Fsp3) is 0.120. The van der Waals surface area contributed by atoms with Crippen LogP contribution in [-0.4, -0.2) is 23.6 Å². The van der Waals surface area contributed by atoms with Crippen molar-refractivity contribution >= 4 is 28.3 Å². The quantitative estimate of drug-likeness (QED) is 0.439. The monoisotopic (exact) mass is 431 g/mol. The fourth-order valence-electron chi connectivity index (χ4n) is 3.75. The molecule has 0 saturated carbocycles. The number of hydrogen-bond donors (Lipinski definition) is 0. The highest BCUT2D eigenvalue weighted by Crippen LogP contribution is 2.34. The molecule has 0 spiro atoms. The Kier molecular flexibility index (Phi) is 4.96.